The average Bonchev–Trinajstić information content (AvgIpc) is 3.21. The number of aromatic nitrogens is 1. The van der Waals surface area contributed by atoms with Gasteiger partial charge < -0.3 is 14.2 Å². The highest BCUT2D eigenvalue weighted by Crippen LogP contribution is 2.20. The van der Waals surface area contributed by atoms with Crippen molar-refractivity contribution in [2.45, 2.75) is 18.4 Å². The summed E-state index contributed by atoms with van der Waals surface area (Å²) in [4.78, 5) is 31.0. The van der Waals surface area contributed by atoms with E-state index >= 15 is 0 Å². The Bertz CT molecular complexity index is 1460. The second-order valence-electron chi connectivity index (χ2n) is 7.67. The zero-order valence-corrected chi connectivity index (χ0v) is 20.7. The summed E-state index contributed by atoms with van der Waals surface area (Å²) in [5, 5.41) is 0. The Balaban J connectivity index is 1.52. The van der Waals surface area contributed by atoms with E-state index in [0.29, 0.717) is 4.80 Å². The van der Waals surface area contributed by atoms with Crippen LogP contribution in [0.5, 0.6) is 0 Å². The number of ether oxygens (including phenoxy) is 1. The largest absolute Gasteiger partial charge is 0.450 e. The normalized spacial score (nSPS) is 15.2. The molecule has 0 bridgehead atoms. The van der Waals surface area contributed by atoms with E-state index in [2.05, 4.69) is 10.9 Å². The van der Waals surface area contributed by atoms with E-state index < -0.39 is 22.0 Å². The van der Waals surface area contributed by atoms with Gasteiger partial charge >= 0.3 is 6.09 Å². The van der Waals surface area contributed by atoms with E-state index in [9.17, 15) is 18.0 Å². The molecular formula is C24H24N4O5S2. The maximum absolute atomic E-state index is 13.0. The lowest BCUT2D eigenvalue weighted by atomic mass is 10.2. The van der Waals surface area contributed by atoms with Crippen LogP contribution < -0.4 is 4.80 Å². The van der Waals surface area contributed by atoms with Crippen LogP contribution in [0.1, 0.15) is 17.3 Å². The summed E-state index contributed by atoms with van der Waals surface area (Å²) in [7, 11) is -3.77. The number of carbonyl (C=O) groups is 2. The van der Waals surface area contributed by atoms with Gasteiger partial charge in [-0.1, -0.05) is 29.4 Å². The van der Waals surface area contributed by atoms with Gasteiger partial charge in [0.25, 0.3) is 5.91 Å². The summed E-state index contributed by atoms with van der Waals surface area (Å²) in [5.41, 5.74) is 1.16. The Morgan fingerprint density at radius 2 is 1.77 bits per heavy atom. The molecule has 1 aliphatic heterocycles. The van der Waals surface area contributed by atoms with E-state index in [1.54, 1.807) is 11.5 Å². The number of carbonyl (C=O) groups excluding carboxylic acids is 2. The van der Waals surface area contributed by atoms with Crippen molar-refractivity contribution in [3.63, 3.8) is 0 Å². The fourth-order valence-electron chi connectivity index (χ4n) is 3.75. The Labute approximate surface area is 207 Å². The smallest absolute Gasteiger partial charge is 0.409 e. The zero-order valence-electron chi connectivity index (χ0n) is 19.1. The number of sulfonamides is 1. The van der Waals surface area contributed by atoms with Gasteiger partial charge in [-0.3, -0.25) is 4.79 Å². The molecule has 0 unspecified atom stereocenters. The standard InChI is InChI=1S/C24H24N4O5S2/c1-3-13-28-20-7-5-6-8-21(20)34-23(28)25-22(29)18-9-11-19(12-10-18)35(31,32)27-16-14-26(15-17-27)24(30)33-4-2/h1,5-12H,4,13-17H2,2H3. The second kappa shape index (κ2) is 10.4. The third-order valence-corrected chi connectivity index (χ3v) is 8.51. The molecule has 0 radical (unpaired) electrons. The van der Waals surface area contributed by atoms with Gasteiger partial charge in [0.1, 0.15) is 0 Å². The summed E-state index contributed by atoms with van der Waals surface area (Å²) in [5.74, 6) is 2.09. The highest BCUT2D eigenvalue weighted by Gasteiger charge is 2.30. The fourth-order valence-corrected chi connectivity index (χ4v) is 6.20. The van der Waals surface area contributed by atoms with Crippen molar-refractivity contribution in [2.75, 3.05) is 32.8 Å². The first-order chi connectivity index (χ1) is 16.8. The molecule has 1 saturated heterocycles. The summed E-state index contributed by atoms with van der Waals surface area (Å²) < 4.78 is 35.1. The topological polar surface area (TPSA) is 101 Å². The Kier molecular flexibility index (Phi) is 7.35. The quantitative estimate of drug-likeness (QED) is 0.489. The van der Waals surface area contributed by atoms with E-state index in [1.165, 1.54) is 44.8 Å². The molecule has 0 N–H and O–H groups in total. The SMILES string of the molecule is C#CCn1c(=NC(=O)c2ccc(S(=O)(=O)N3CCN(C(=O)OCC)CC3)cc2)sc2ccccc21. The predicted octanol–water partition coefficient (Wildman–Crippen LogP) is 2.54. The first-order valence-corrected chi connectivity index (χ1v) is 13.2. The molecule has 35 heavy (non-hydrogen) atoms. The number of para-hydroxylation sites is 1. The van der Waals surface area contributed by atoms with Crippen molar-refractivity contribution in [1.82, 2.24) is 13.8 Å². The molecule has 1 aromatic heterocycles. The molecule has 0 aliphatic carbocycles. The van der Waals surface area contributed by atoms with Crippen LogP contribution in [0.25, 0.3) is 10.2 Å². The minimum atomic E-state index is -3.77. The van der Waals surface area contributed by atoms with Gasteiger partial charge in [0.2, 0.25) is 10.0 Å². The molecule has 0 saturated carbocycles. The van der Waals surface area contributed by atoms with E-state index in [1.807, 2.05) is 24.3 Å². The minimum absolute atomic E-state index is 0.0721. The summed E-state index contributed by atoms with van der Waals surface area (Å²) >= 11 is 1.36. The molecule has 1 fully saturated rings. The molecule has 2 aromatic carbocycles. The first-order valence-electron chi connectivity index (χ1n) is 11.0. The monoisotopic (exact) mass is 512 g/mol. The molecule has 9 nitrogen and oxygen atoms in total. The Morgan fingerprint density at radius 3 is 2.43 bits per heavy atom. The molecule has 3 aromatic rings. The van der Waals surface area contributed by atoms with Gasteiger partial charge in [0.05, 0.1) is 28.3 Å². The lowest BCUT2D eigenvalue weighted by Gasteiger charge is -2.33. The van der Waals surface area contributed by atoms with Gasteiger partial charge in [-0.25, -0.2) is 13.2 Å². The fraction of sp³-hybridized carbons (Fsp3) is 0.292. The first kappa shape index (κ1) is 24.7. The Morgan fingerprint density at radius 1 is 1.09 bits per heavy atom. The van der Waals surface area contributed by atoms with Crippen LogP contribution in [-0.2, 0) is 21.3 Å². The zero-order chi connectivity index (χ0) is 25.0. The third-order valence-electron chi connectivity index (χ3n) is 5.54. The molecule has 2 heterocycles. The molecule has 0 atom stereocenters. The molecular weight excluding hydrogens is 488 g/mol. The van der Waals surface area contributed by atoms with Crippen molar-refractivity contribution in [3.8, 4) is 12.3 Å². The van der Waals surface area contributed by atoms with Crippen LogP contribution >= 0.6 is 11.3 Å². The number of nitrogens with zero attached hydrogens (tertiary/aromatic N) is 4. The lowest BCUT2D eigenvalue weighted by molar-refractivity contribution is 0.0933. The second-order valence-corrected chi connectivity index (χ2v) is 10.6. The molecule has 1 aliphatic rings. The van der Waals surface area contributed by atoms with Gasteiger partial charge in [0, 0.05) is 31.7 Å². The van der Waals surface area contributed by atoms with E-state index in [4.69, 9.17) is 11.2 Å². The van der Waals surface area contributed by atoms with Crippen LogP contribution in [0.4, 0.5) is 4.79 Å². The van der Waals surface area contributed by atoms with Crippen LogP contribution in [0, 0.1) is 12.3 Å². The van der Waals surface area contributed by atoms with Crippen LogP contribution in [0.2, 0.25) is 0 Å². The van der Waals surface area contributed by atoms with Crippen molar-refractivity contribution >= 4 is 43.6 Å². The maximum atomic E-state index is 13.0. The van der Waals surface area contributed by atoms with Crippen molar-refractivity contribution in [1.29, 1.82) is 0 Å². The number of piperazine rings is 1. The van der Waals surface area contributed by atoms with Crippen LogP contribution in [0.3, 0.4) is 0 Å². The van der Waals surface area contributed by atoms with Gasteiger partial charge in [-0.05, 0) is 43.3 Å². The third kappa shape index (κ3) is 5.14. The highest BCUT2D eigenvalue weighted by atomic mass is 32.2. The summed E-state index contributed by atoms with van der Waals surface area (Å²) in [6.07, 6.45) is 5.05. The molecule has 4 rings (SSSR count). The van der Waals surface area contributed by atoms with Crippen LogP contribution in [0.15, 0.2) is 58.4 Å². The van der Waals surface area contributed by atoms with Crippen molar-refractivity contribution in [2.24, 2.45) is 4.99 Å². The highest BCUT2D eigenvalue weighted by molar-refractivity contribution is 7.89. The minimum Gasteiger partial charge on any atom is -0.450 e. The number of terminal acetylenes is 1. The van der Waals surface area contributed by atoms with Crippen molar-refractivity contribution < 1.29 is 22.7 Å². The van der Waals surface area contributed by atoms with Gasteiger partial charge in [-0.15, -0.1) is 6.42 Å². The number of thiazole rings is 1. The van der Waals surface area contributed by atoms with Gasteiger partial charge in [0.15, 0.2) is 4.80 Å². The molecule has 182 valence electrons. The van der Waals surface area contributed by atoms with Gasteiger partial charge in [-0.2, -0.15) is 9.30 Å². The molecule has 2 amide bonds. The molecule has 0 spiro atoms. The van der Waals surface area contributed by atoms with E-state index in [-0.39, 0.29) is 49.8 Å². The number of hydrogen-bond donors (Lipinski definition) is 0. The van der Waals surface area contributed by atoms with E-state index in [0.717, 1.165) is 10.2 Å². The average molecular weight is 513 g/mol. The number of benzene rings is 2. The number of amides is 2. The van der Waals surface area contributed by atoms with Crippen LogP contribution in [-0.4, -0.2) is 67.0 Å². The number of rotatable bonds is 5. The lowest BCUT2D eigenvalue weighted by Crippen LogP contribution is -2.50. The number of fused-ring (bicyclic) bond motifs is 1. The molecule has 11 heteroatoms. The predicted molar refractivity (Wildman–Crippen MR) is 132 cm³/mol. The number of hydrogen-bond acceptors (Lipinski definition) is 6. The Hall–Kier alpha value is -3.46. The summed E-state index contributed by atoms with van der Waals surface area (Å²) in [6, 6.07) is 13.3. The maximum Gasteiger partial charge on any atom is 0.409 e. The van der Waals surface area contributed by atoms with Crippen molar-refractivity contribution in [3.05, 3.63) is 58.9 Å². The summed E-state index contributed by atoms with van der Waals surface area (Å²) in [6.45, 7) is 3.09.